The van der Waals surface area contributed by atoms with E-state index >= 15 is 13.6 Å². The molecule has 3 heterocycles. The number of aromatic nitrogens is 1. The number of carbonyl (C=O) groups is 4. The molecule has 0 spiro atoms. The number of halogens is 6. The number of fused-ring (bicyclic) bond motifs is 3. The van der Waals surface area contributed by atoms with E-state index in [9.17, 15) is 45.5 Å². The lowest BCUT2D eigenvalue weighted by Crippen LogP contribution is -2.66. The molecule has 6 rings (SSSR count). The molecule has 2 saturated carbocycles. The van der Waals surface area contributed by atoms with Gasteiger partial charge in [-0.15, -0.1) is 0 Å². The van der Waals surface area contributed by atoms with E-state index < -0.39 is 117 Å². The Balaban J connectivity index is 1.44. The highest BCUT2D eigenvalue weighted by Crippen LogP contribution is 2.48. The quantitative estimate of drug-likeness (QED) is 0.183. The molecule has 0 unspecified atom stereocenters. The third-order valence-electron chi connectivity index (χ3n) is 13.0. The zero-order chi connectivity index (χ0) is 46.0. The molecule has 1 aromatic heterocycles. The number of allylic oxidation sites excluding steroid dienone is 1. The molecule has 3 fully saturated rings. The Morgan fingerprint density at radius 1 is 1.08 bits per heavy atom. The van der Waals surface area contributed by atoms with Gasteiger partial charge in [-0.2, -0.15) is 13.2 Å². The molecule has 2 aliphatic heterocycles. The number of sulfonamides is 1. The number of pyridine rings is 1. The van der Waals surface area contributed by atoms with E-state index in [4.69, 9.17) is 9.47 Å². The van der Waals surface area contributed by atoms with E-state index in [1.165, 1.54) is 26.2 Å². The van der Waals surface area contributed by atoms with E-state index in [0.717, 1.165) is 24.8 Å². The number of ether oxygens (including phenoxy) is 2. The zero-order valence-electron chi connectivity index (χ0n) is 35.0. The molecule has 0 bridgehead atoms. The Morgan fingerprint density at radius 2 is 1.76 bits per heavy atom. The summed E-state index contributed by atoms with van der Waals surface area (Å²) in [5.74, 6) is -9.07. The number of methoxy groups -OCH3 is 1. The number of alkyl halides is 6. The van der Waals surface area contributed by atoms with E-state index in [2.05, 4.69) is 10.3 Å². The van der Waals surface area contributed by atoms with E-state index in [1.807, 2.05) is 11.6 Å². The largest absolute Gasteiger partial charge is 0.497 e. The number of nitrogens with one attached hydrogen (secondary N) is 2. The minimum Gasteiger partial charge on any atom is -0.497 e. The van der Waals surface area contributed by atoms with Crippen molar-refractivity contribution in [2.45, 2.75) is 126 Å². The molecule has 7 atom stereocenters. The Bertz CT molecular complexity index is 2250. The van der Waals surface area contributed by atoms with Crippen molar-refractivity contribution in [1.29, 1.82) is 0 Å². The Hall–Kier alpha value is -4.82. The van der Waals surface area contributed by atoms with Crippen LogP contribution in [-0.2, 0) is 30.6 Å². The van der Waals surface area contributed by atoms with Crippen LogP contribution >= 0.6 is 0 Å². The SMILES string of the molecule is COc1ccc2c(O[C@@H]3C[C@H]4C(=O)N[C@]5(C(=O)NS(=O)(=O)C6(CF)CC6)C[C@H]5C=CCC[C@H](C)C[C@@H](C)[C@H](N(C(=O)O)C(C)(C)C(C)(F)F)C(=O)N4C3)ncc(C(F)(F)F)c2c1. The van der Waals surface area contributed by atoms with E-state index in [1.54, 1.807) is 12.2 Å². The molecule has 342 valence electrons. The highest BCUT2D eigenvalue weighted by molar-refractivity contribution is 7.91. The molecular formula is C41H51F6N5O9S. The number of amides is 4. The summed E-state index contributed by atoms with van der Waals surface area (Å²) < 4.78 is 125. The van der Waals surface area contributed by atoms with Crippen LogP contribution in [-0.4, -0.2) is 112 Å². The number of hydrogen-bond donors (Lipinski definition) is 3. The van der Waals surface area contributed by atoms with Crippen LogP contribution in [0.5, 0.6) is 11.6 Å². The van der Waals surface area contributed by atoms with Gasteiger partial charge in [-0.3, -0.25) is 24.0 Å². The van der Waals surface area contributed by atoms with Gasteiger partial charge in [-0.05, 0) is 82.4 Å². The molecule has 14 nitrogen and oxygen atoms in total. The monoisotopic (exact) mass is 903 g/mol. The second kappa shape index (κ2) is 16.4. The maximum Gasteiger partial charge on any atom is 0.418 e. The van der Waals surface area contributed by atoms with Crippen molar-refractivity contribution in [3.8, 4) is 11.6 Å². The molecule has 3 N–H and O–H groups in total. The number of hydrogen-bond acceptors (Lipinski definition) is 9. The molecular weight excluding hydrogens is 853 g/mol. The van der Waals surface area contributed by atoms with Gasteiger partial charge in [0.1, 0.15) is 46.4 Å². The third kappa shape index (κ3) is 8.61. The molecule has 1 saturated heterocycles. The van der Waals surface area contributed by atoms with Gasteiger partial charge in [0.05, 0.1) is 19.2 Å². The molecule has 2 aromatic rings. The van der Waals surface area contributed by atoms with Crippen molar-refractivity contribution in [3.05, 3.63) is 42.1 Å². The highest BCUT2D eigenvalue weighted by atomic mass is 32.2. The van der Waals surface area contributed by atoms with Crippen LogP contribution in [0.1, 0.15) is 85.1 Å². The number of nitrogens with zero attached hydrogens (tertiary/aromatic N) is 3. The molecule has 62 heavy (non-hydrogen) atoms. The summed E-state index contributed by atoms with van der Waals surface area (Å²) in [5.41, 5.74) is -5.50. The van der Waals surface area contributed by atoms with Crippen molar-refractivity contribution < 1.29 is 68.5 Å². The summed E-state index contributed by atoms with van der Waals surface area (Å²) in [5, 5.41) is 12.8. The third-order valence-corrected chi connectivity index (χ3v) is 15.1. The molecule has 4 amide bonds. The topological polar surface area (TPSA) is 185 Å². The standard InChI is InChI=1S/C41H51F6N5O9S/c1-22-9-7-8-10-24-18-40(24,35(55)50-62(58,59)39(21-42)13-14-39)49-32(53)30-17-26(61-33-27-12-11-25(60-6)16-28(27)29(19-48-33)41(45,46)47)20-51(30)34(54)31(23(2)15-22)52(36(56)57)37(3,4)38(5,43)44/h8,10-12,16,19,22-24,26,30-31H,7,9,13-15,17-18,20-21H2,1-6H3,(H,49,53)(H,50,55)(H,56,57)/t22-,23+,24+,26+,30-,31-,40+/m0/s1. The lowest BCUT2D eigenvalue weighted by molar-refractivity contribution is -0.156. The van der Waals surface area contributed by atoms with Crippen LogP contribution in [0, 0.1) is 17.8 Å². The predicted molar refractivity (Wildman–Crippen MR) is 211 cm³/mol. The normalized spacial score (nSPS) is 28.2. The second-order valence-electron chi connectivity index (χ2n) is 17.8. The van der Waals surface area contributed by atoms with Crippen molar-refractivity contribution in [2.75, 3.05) is 20.3 Å². The van der Waals surface area contributed by atoms with Crippen molar-refractivity contribution in [3.63, 3.8) is 0 Å². The summed E-state index contributed by atoms with van der Waals surface area (Å²) in [4.78, 5) is 62.0. The fraction of sp³-hybridized carbons (Fsp3) is 0.634. The smallest absolute Gasteiger partial charge is 0.418 e. The van der Waals surface area contributed by atoms with Crippen LogP contribution in [0.25, 0.3) is 10.8 Å². The van der Waals surface area contributed by atoms with Gasteiger partial charge in [0.2, 0.25) is 27.7 Å². The molecule has 21 heteroatoms. The van der Waals surface area contributed by atoms with Gasteiger partial charge in [-0.1, -0.05) is 26.0 Å². The minimum atomic E-state index is -4.85. The predicted octanol–water partition coefficient (Wildman–Crippen LogP) is 6.23. The van der Waals surface area contributed by atoms with Gasteiger partial charge in [0.25, 0.3) is 11.8 Å². The first-order chi connectivity index (χ1) is 28.7. The first-order valence-electron chi connectivity index (χ1n) is 20.3. The minimum absolute atomic E-state index is 0.0299. The fourth-order valence-corrected chi connectivity index (χ4v) is 10.0. The molecule has 2 aliphatic carbocycles. The zero-order valence-corrected chi connectivity index (χ0v) is 35.8. The maximum absolute atomic E-state index is 15.4. The van der Waals surface area contributed by atoms with Crippen molar-refractivity contribution in [2.24, 2.45) is 17.8 Å². The second-order valence-corrected chi connectivity index (χ2v) is 19.8. The van der Waals surface area contributed by atoms with Crippen molar-refractivity contribution in [1.82, 2.24) is 24.8 Å². The molecule has 1 aromatic carbocycles. The van der Waals surface area contributed by atoms with Crippen LogP contribution in [0.4, 0.5) is 31.1 Å². The van der Waals surface area contributed by atoms with Gasteiger partial charge >= 0.3 is 12.3 Å². The number of carbonyl (C=O) groups excluding carboxylic acids is 3. The average Bonchev–Trinajstić information content (AvgIpc) is 4.08. The summed E-state index contributed by atoms with van der Waals surface area (Å²) in [6.45, 7) is 4.06. The fourth-order valence-electron chi connectivity index (χ4n) is 8.61. The molecule has 4 aliphatic rings. The summed E-state index contributed by atoms with van der Waals surface area (Å²) in [6, 6.07) is 0.327. The van der Waals surface area contributed by atoms with Crippen LogP contribution in [0.2, 0.25) is 0 Å². The Labute approximate surface area is 354 Å². The lowest BCUT2D eigenvalue weighted by Gasteiger charge is -2.47. The van der Waals surface area contributed by atoms with Gasteiger partial charge in [0.15, 0.2) is 0 Å². The summed E-state index contributed by atoms with van der Waals surface area (Å²) in [7, 11) is -3.29. The van der Waals surface area contributed by atoms with Gasteiger partial charge in [-0.25, -0.2) is 31.4 Å². The van der Waals surface area contributed by atoms with Gasteiger partial charge < -0.3 is 24.8 Å². The van der Waals surface area contributed by atoms with Crippen LogP contribution in [0.3, 0.4) is 0 Å². The van der Waals surface area contributed by atoms with E-state index in [-0.39, 0.29) is 54.0 Å². The average molecular weight is 904 g/mol. The lowest BCUT2D eigenvalue weighted by atomic mass is 9.84. The Morgan fingerprint density at radius 3 is 2.34 bits per heavy atom. The van der Waals surface area contributed by atoms with Crippen molar-refractivity contribution >= 4 is 44.6 Å². The first-order valence-corrected chi connectivity index (χ1v) is 21.7. The summed E-state index contributed by atoms with van der Waals surface area (Å²) in [6.07, 6.45) is -3.53. The Kier molecular flexibility index (Phi) is 12.3. The van der Waals surface area contributed by atoms with E-state index in [0.29, 0.717) is 30.9 Å². The van der Waals surface area contributed by atoms with Crippen LogP contribution < -0.4 is 19.5 Å². The first kappa shape index (κ1) is 46.7. The summed E-state index contributed by atoms with van der Waals surface area (Å²) >= 11 is 0. The molecule has 0 radical (unpaired) electrons. The highest BCUT2D eigenvalue weighted by Gasteiger charge is 2.64. The number of carboxylic acid groups (broad SMARTS) is 1. The number of rotatable bonds is 10. The van der Waals surface area contributed by atoms with Crippen LogP contribution in [0.15, 0.2) is 36.5 Å². The number of benzene rings is 1. The van der Waals surface area contributed by atoms with Gasteiger partial charge in [0, 0.05) is 36.2 Å². The maximum atomic E-state index is 15.4.